The van der Waals surface area contributed by atoms with Gasteiger partial charge in [0.15, 0.2) is 22.3 Å². The molecule has 1 fully saturated rings. The normalized spacial score (nSPS) is 19.0. The van der Waals surface area contributed by atoms with Crippen LogP contribution < -0.4 is 14.8 Å². The fourth-order valence-corrected chi connectivity index (χ4v) is 6.97. The van der Waals surface area contributed by atoms with Crippen molar-refractivity contribution in [3.8, 4) is 11.5 Å². The number of nitrogens with zero attached hydrogens (tertiary/aromatic N) is 4. The third-order valence-electron chi connectivity index (χ3n) is 6.73. The monoisotopic (exact) mass is 493 g/mol. The summed E-state index contributed by atoms with van der Waals surface area (Å²) in [6.45, 7) is 2.53. The van der Waals surface area contributed by atoms with Gasteiger partial charge in [-0.25, -0.2) is 4.98 Å². The standard InChI is InChI=1S/C24H23N5O3S2/c1-12-2-6-15-18(8-12)34-23-20(15)22-27-28-24(29(22)21(26-23)13-3-4-13)33-10-19(30)25-14-5-7-16-17(9-14)32-11-31-16/h5,7,9,12-13H,2-4,6,8,10-11H2,1H3,(H,25,30)/t12-/m1/s1. The number of nitrogens with one attached hydrogen (secondary N) is 1. The highest BCUT2D eigenvalue weighted by atomic mass is 32.2. The number of thiophene rings is 1. The second-order valence-electron chi connectivity index (χ2n) is 9.32. The zero-order valence-electron chi connectivity index (χ0n) is 18.7. The van der Waals surface area contributed by atoms with Gasteiger partial charge in [0, 0.05) is 22.5 Å². The van der Waals surface area contributed by atoms with Gasteiger partial charge in [0.1, 0.15) is 10.7 Å². The van der Waals surface area contributed by atoms with E-state index in [1.165, 1.54) is 34.0 Å². The van der Waals surface area contributed by atoms with Gasteiger partial charge in [-0.1, -0.05) is 18.7 Å². The van der Waals surface area contributed by atoms with Gasteiger partial charge in [-0.2, -0.15) is 0 Å². The Morgan fingerprint density at radius 3 is 3.00 bits per heavy atom. The topological polar surface area (TPSA) is 90.6 Å². The molecule has 0 unspecified atom stereocenters. The number of ether oxygens (including phenoxy) is 2. The first-order valence-electron chi connectivity index (χ1n) is 11.7. The van der Waals surface area contributed by atoms with Gasteiger partial charge >= 0.3 is 0 Å². The first kappa shape index (κ1) is 20.5. The van der Waals surface area contributed by atoms with Gasteiger partial charge in [0.2, 0.25) is 12.7 Å². The van der Waals surface area contributed by atoms with Crippen molar-refractivity contribution in [1.82, 2.24) is 19.6 Å². The molecule has 1 aliphatic heterocycles. The molecule has 4 heterocycles. The molecule has 7 rings (SSSR count). The van der Waals surface area contributed by atoms with Gasteiger partial charge < -0.3 is 14.8 Å². The number of amides is 1. The van der Waals surface area contributed by atoms with Gasteiger partial charge in [0.05, 0.1) is 11.1 Å². The molecule has 1 amide bonds. The van der Waals surface area contributed by atoms with Crippen molar-refractivity contribution in [3.63, 3.8) is 0 Å². The van der Waals surface area contributed by atoms with E-state index in [0.717, 1.165) is 47.1 Å². The first-order chi connectivity index (χ1) is 16.6. The van der Waals surface area contributed by atoms with Crippen molar-refractivity contribution in [2.24, 2.45) is 5.92 Å². The number of benzene rings is 1. The maximum atomic E-state index is 12.7. The summed E-state index contributed by atoms with van der Waals surface area (Å²) in [5.74, 6) is 3.67. The fraction of sp³-hybridized carbons (Fsp3) is 0.417. The lowest BCUT2D eigenvalue weighted by Gasteiger charge is -2.17. The number of anilines is 1. The van der Waals surface area contributed by atoms with Gasteiger partial charge in [0.25, 0.3) is 0 Å². The molecule has 0 saturated heterocycles. The summed E-state index contributed by atoms with van der Waals surface area (Å²) >= 11 is 3.23. The predicted molar refractivity (Wildman–Crippen MR) is 131 cm³/mol. The molecule has 174 valence electrons. The molecule has 0 radical (unpaired) electrons. The van der Waals surface area contributed by atoms with Crippen molar-refractivity contribution in [2.75, 3.05) is 17.9 Å². The average Bonchev–Trinajstić information content (AvgIpc) is 3.25. The number of aromatic nitrogens is 4. The molecule has 0 bridgehead atoms. The van der Waals surface area contributed by atoms with Crippen molar-refractivity contribution in [3.05, 3.63) is 34.5 Å². The Morgan fingerprint density at radius 1 is 1.24 bits per heavy atom. The molecule has 4 aromatic rings. The molecular weight excluding hydrogens is 470 g/mol. The molecule has 8 nitrogen and oxygen atoms in total. The van der Waals surface area contributed by atoms with Crippen LogP contribution in [0.3, 0.4) is 0 Å². The Kier molecular flexibility index (Phi) is 4.73. The molecule has 1 N–H and O–H groups in total. The Bertz CT molecular complexity index is 1460. The van der Waals surface area contributed by atoms with E-state index >= 15 is 0 Å². The minimum atomic E-state index is -0.107. The second kappa shape index (κ2) is 7.84. The van der Waals surface area contributed by atoms with Crippen LogP contribution in [0.5, 0.6) is 11.5 Å². The second-order valence-corrected chi connectivity index (χ2v) is 11.3. The number of hydrogen-bond acceptors (Lipinski definition) is 8. The van der Waals surface area contributed by atoms with E-state index < -0.39 is 0 Å². The van der Waals surface area contributed by atoms with Crippen LogP contribution >= 0.6 is 23.1 Å². The van der Waals surface area contributed by atoms with E-state index in [1.807, 2.05) is 17.4 Å². The highest BCUT2D eigenvalue weighted by Gasteiger charge is 2.32. The summed E-state index contributed by atoms with van der Waals surface area (Å²) < 4.78 is 12.8. The molecule has 10 heteroatoms. The summed E-state index contributed by atoms with van der Waals surface area (Å²) in [6.07, 6.45) is 5.68. The number of fused-ring (bicyclic) bond motifs is 6. The van der Waals surface area contributed by atoms with Gasteiger partial charge in [-0.15, -0.1) is 21.5 Å². The summed E-state index contributed by atoms with van der Waals surface area (Å²) in [5.41, 5.74) is 2.99. The number of thioether (sulfide) groups is 1. The van der Waals surface area contributed by atoms with Gasteiger partial charge in [-0.3, -0.25) is 9.20 Å². The highest BCUT2D eigenvalue weighted by Crippen LogP contribution is 2.44. The minimum absolute atomic E-state index is 0.107. The Hall–Kier alpha value is -2.85. The van der Waals surface area contributed by atoms with E-state index in [1.54, 1.807) is 12.1 Å². The number of rotatable bonds is 5. The summed E-state index contributed by atoms with van der Waals surface area (Å²) in [6, 6.07) is 5.40. The minimum Gasteiger partial charge on any atom is -0.454 e. The molecule has 1 aromatic carbocycles. The molecule has 1 saturated carbocycles. The van der Waals surface area contributed by atoms with E-state index in [4.69, 9.17) is 14.5 Å². The van der Waals surface area contributed by atoms with Crippen LogP contribution in [0.15, 0.2) is 23.4 Å². The van der Waals surface area contributed by atoms with Gasteiger partial charge in [-0.05, 0) is 55.7 Å². The molecule has 3 aliphatic rings. The van der Waals surface area contributed by atoms with Crippen LogP contribution in [0.25, 0.3) is 15.9 Å². The van der Waals surface area contributed by atoms with E-state index in [9.17, 15) is 4.79 Å². The number of carbonyl (C=O) groups excluding carboxylic acids is 1. The lowest BCUT2D eigenvalue weighted by atomic mass is 9.89. The lowest BCUT2D eigenvalue weighted by molar-refractivity contribution is -0.113. The quantitative estimate of drug-likeness (QED) is 0.399. The van der Waals surface area contributed by atoms with Crippen molar-refractivity contribution in [2.45, 2.75) is 50.1 Å². The Morgan fingerprint density at radius 2 is 2.12 bits per heavy atom. The van der Waals surface area contributed by atoms with Crippen LogP contribution in [0, 0.1) is 5.92 Å². The predicted octanol–water partition coefficient (Wildman–Crippen LogP) is 4.80. The zero-order chi connectivity index (χ0) is 22.8. The molecule has 3 aromatic heterocycles. The lowest BCUT2D eigenvalue weighted by Crippen LogP contribution is -2.14. The van der Waals surface area contributed by atoms with Crippen LogP contribution in [0.4, 0.5) is 5.69 Å². The maximum absolute atomic E-state index is 12.7. The zero-order valence-corrected chi connectivity index (χ0v) is 20.3. The van der Waals surface area contributed by atoms with Crippen molar-refractivity contribution < 1.29 is 14.3 Å². The highest BCUT2D eigenvalue weighted by molar-refractivity contribution is 7.99. The van der Waals surface area contributed by atoms with E-state index in [2.05, 4.69) is 26.8 Å². The Balaban J connectivity index is 1.19. The van der Waals surface area contributed by atoms with E-state index in [0.29, 0.717) is 29.0 Å². The molecule has 34 heavy (non-hydrogen) atoms. The molecular formula is C24H23N5O3S2. The Labute approximate surface area is 204 Å². The average molecular weight is 494 g/mol. The van der Waals surface area contributed by atoms with Crippen molar-refractivity contribution in [1.29, 1.82) is 0 Å². The number of aryl methyl sites for hydroxylation is 1. The van der Waals surface area contributed by atoms with E-state index in [-0.39, 0.29) is 18.5 Å². The smallest absolute Gasteiger partial charge is 0.234 e. The maximum Gasteiger partial charge on any atom is 0.234 e. The SMILES string of the molecule is C[C@@H]1CCc2c(sc3nc(C4CC4)n4c(SCC(=O)Nc5ccc6c(c5)OCO6)nnc4c23)C1. The third kappa shape index (κ3) is 3.42. The summed E-state index contributed by atoms with van der Waals surface area (Å²) in [4.78, 5) is 20.4. The number of carbonyl (C=O) groups is 1. The van der Waals surface area contributed by atoms with Crippen LogP contribution in [-0.4, -0.2) is 38.0 Å². The molecule has 2 aliphatic carbocycles. The van der Waals surface area contributed by atoms with Crippen LogP contribution in [-0.2, 0) is 17.6 Å². The van der Waals surface area contributed by atoms with Crippen LogP contribution in [0.1, 0.15) is 48.4 Å². The van der Waals surface area contributed by atoms with Crippen molar-refractivity contribution >= 4 is 50.6 Å². The molecule has 0 spiro atoms. The van der Waals surface area contributed by atoms with Crippen LogP contribution in [0.2, 0.25) is 0 Å². The summed E-state index contributed by atoms with van der Waals surface area (Å²) in [7, 11) is 0. The largest absolute Gasteiger partial charge is 0.454 e. The summed E-state index contributed by atoms with van der Waals surface area (Å²) in [5, 5.41) is 14.0. The first-order valence-corrected chi connectivity index (χ1v) is 13.5. The third-order valence-corrected chi connectivity index (χ3v) is 8.80. The molecule has 1 atom stereocenters. The number of hydrogen-bond donors (Lipinski definition) is 1. The fourth-order valence-electron chi connectivity index (χ4n) is 4.85.